The molecular weight excluding hydrogens is 372 g/mol. The molecular formula is C26H34N2O2. The van der Waals surface area contributed by atoms with Crippen molar-refractivity contribution in [2.45, 2.75) is 64.5 Å². The lowest BCUT2D eigenvalue weighted by Gasteiger charge is -2.41. The van der Waals surface area contributed by atoms with Crippen LogP contribution in [-0.4, -0.2) is 41.8 Å². The summed E-state index contributed by atoms with van der Waals surface area (Å²) in [7, 11) is 0. The topological polar surface area (TPSA) is 40.6 Å². The van der Waals surface area contributed by atoms with Crippen molar-refractivity contribution in [2.24, 2.45) is 0 Å². The van der Waals surface area contributed by atoms with E-state index >= 15 is 0 Å². The molecule has 0 saturated carbocycles. The molecule has 2 aromatic carbocycles. The fourth-order valence-corrected chi connectivity index (χ4v) is 4.47. The first kappa shape index (κ1) is 22.2. The fourth-order valence-electron chi connectivity index (χ4n) is 4.47. The Hall–Kier alpha value is -2.46. The molecule has 4 nitrogen and oxygen atoms in total. The summed E-state index contributed by atoms with van der Waals surface area (Å²) in [4.78, 5) is 30.0. The molecule has 1 aliphatic heterocycles. The highest BCUT2D eigenvalue weighted by Gasteiger charge is 2.33. The number of rotatable bonds is 9. The third-order valence-electron chi connectivity index (χ3n) is 6.05. The average Bonchev–Trinajstić information content (AvgIpc) is 2.79. The molecule has 160 valence electrons. The van der Waals surface area contributed by atoms with Gasteiger partial charge in [0.05, 0.1) is 6.04 Å². The molecule has 0 aliphatic carbocycles. The molecule has 0 N–H and O–H groups in total. The zero-order valence-electron chi connectivity index (χ0n) is 18.3. The normalized spacial score (nSPS) is 16.2. The van der Waals surface area contributed by atoms with Gasteiger partial charge in [0.25, 0.3) is 0 Å². The van der Waals surface area contributed by atoms with E-state index in [9.17, 15) is 9.59 Å². The van der Waals surface area contributed by atoms with Gasteiger partial charge in [-0.25, -0.2) is 0 Å². The minimum atomic E-state index is -0.0691. The highest BCUT2D eigenvalue weighted by Crippen LogP contribution is 2.26. The summed E-state index contributed by atoms with van der Waals surface area (Å²) in [6.07, 6.45) is 4.56. The van der Waals surface area contributed by atoms with E-state index in [1.54, 1.807) is 0 Å². The smallest absolute Gasteiger partial charge is 0.226 e. The number of anilines is 1. The van der Waals surface area contributed by atoms with Crippen LogP contribution in [0.3, 0.4) is 0 Å². The van der Waals surface area contributed by atoms with Gasteiger partial charge in [-0.05, 0) is 43.4 Å². The fraction of sp³-hybridized carbons (Fsp3) is 0.462. The van der Waals surface area contributed by atoms with Crippen LogP contribution in [0.4, 0.5) is 5.69 Å². The number of hydrogen-bond acceptors (Lipinski definition) is 3. The molecule has 1 fully saturated rings. The molecule has 1 saturated heterocycles. The van der Waals surface area contributed by atoms with E-state index < -0.39 is 0 Å². The Balaban J connectivity index is 1.71. The highest BCUT2D eigenvalue weighted by molar-refractivity contribution is 5.93. The number of hydrogen-bond donors (Lipinski definition) is 0. The Morgan fingerprint density at radius 2 is 1.57 bits per heavy atom. The zero-order valence-corrected chi connectivity index (χ0v) is 18.3. The number of carbonyl (C=O) groups excluding carboxylic acids is 2. The highest BCUT2D eigenvalue weighted by atomic mass is 16.2. The van der Waals surface area contributed by atoms with Gasteiger partial charge in [-0.15, -0.1) is 0 Å². The minimum absolute atomic E-state index is 0.0691. The summed E-state index contributed by atoms with van der Waals surface area (Å²) >= 11 is 0. The number of nitrogens with zero attached hydrogens (tertiary/aromatic N) is 2. The van der Waals surface area contributed by atoms with Crippen LogP contribution in [0.2, 0.25) is 0 Å². The molecule has 1 unspecified atom stereocenters. The van der Waals surface area contributed by atoms with Gasteiger partial charge in [0, 0.05) is 37.7 Å². The van der Waals surface area contributed by atoms with E-state index in [-0.39, 0.29) is 18.0 Å². The van der Waals surface area contributed by atoms with Gasteiger partial charge in [-0.2, -0.15) is 0 Å². The second-order valence-electron chi connectivity index (χ2n) is 8.14. The zero-order chi connectivity index (χ0) is 21.3. The van der Waals surface area contributed by atoms with Gasteiger partial charge in [0.1, 0.15) is 5.78 Å². The molecule has 1 heterocycles. The standard InChI is InChI=1S/C26H34N2O2/c1-3-11-25(29)24(20-21-12-7-5-8-13-21)27-18-16-23(17-19-27)28(26(30)4-2)22-14-9-6-10-15-22/h5-10,12-15,23-24H,3-4,11,16-20H2,1-2H3. The predicted octanol–water partition coefficient (Wildman–Crippen LogP) is 4.87. The summed E-state index contributed by atoms with van der Waals surface area (Å²) in [5.74, 6) is 0.506. The van der Waals surface area contributed by atoms with E-state index in [0.29, 0.717) is 18.6 Å². The molecule has 1 amide bonds. The largest absolute Gasteiger partial charge is 0.309 e. The van der Waals surface area contributed by atoms with Crippen LogP contribution in [0, 0.1) is 0 Å². The lowest BCUT2D eigenvalue weighted by atomic mass is 9.94. The second-order valence-corrected chi connectivity index (χ2v) is 8.14. The lowest BCUT2D eigenvalue weighted by molar-refractivity contribution is -0.125. The first-order valence-electron chi connectivity index (χ1n) is 11.3. The quantitative estimate of drug-likeness (QED) is 0.596. The maximum atomic E-state index is 12.9. The number of carbonyl (C=O) groups is 2. The molecule has 0 aromatic heterocycles. The number of ketones is 1. The van der Waals surface area contributed by atoms with E-state index in [0.717, 1.165) is 44.5 Å². The maximum Gasteiger partial charge on any atom is 0.226 e. The van der Waals surface area contributed by atoms with Crippen molar-refractivity contribution in [1.29, 1.82) is 0 Å². The van der Waals surface area contributed by atoms with Crippen molar-refractivity contribution < 1.29 is 9.59 Å². The molecule has 1 aliphatic rings. The number of amides is 1. The van der Waals surface area contributed by atoms with E-state index in [4.69, 9.17) is 0 Å². The molecule has 4 heteroatoms. The molecule has 2 aromatic rings. The number of likely N-dealkylation sites (tertiary alicyclic amines) is 1. The van der Waals surface area contributed by atoms with Crippen LogP contribution in [0.1, 0.15) is 51.5 Å². The Kier molecular flexibility index (Phi) is 8.21. The van der Waals surface area contributed by atoms with Crippen molar-refractivity contribution in [3.8, 4) is 0 Å². The number of Topliss-reactive ketones (excluding diaryl/α,β-unsaturated/α-hetero) is 1. The van der Waals surface area contributed by atoms with Crippen LogP contribution in [0.5, 0.6) is 0 Å². The monoisotopic (exact) mass is 406 g/mol. The second kappa shape index (κ2) is 11.1. The summed E-state index contributed by atoms with van der Waals surface area (Å²) in [6, 6.07) is 20.4. The molecule has 0 radical (unpaired) electrons. The van der Waals surface area contributed by atoms with Gasteiger partial charge in [0.2, 0.25) is 5.91 Å². The van der Waals surface area contributed by atoms with Crippen molar-refractivity contribution in [3.05, 3.63) is 66.2 Å². The maximum absolute atomic E-state index is 12.9. The van der Waals surface area contributed by atoms with E-state index in [1.165, 1.54) is 5.56 Å². The Bertz CT molecular complexity index is 798. The summed E-state index contributed by atoms with van der Waals surface area (Å²) < 4.78 is 0. The van der Waals surface area contributed by atoms with Gasteiger partial charge in [-0.3, -0.25) is 14.5 Å². The summed E-state index contributed by atoms with van der Waals surface area (Å²) in [5.41, 5.74) is 2.19. The number of para-hydroxylation sites is 1. The third kappa shape index (κ3) is 5.57. The van der Waals surface area contributed by atoms with Gasteiger partial charge in [-0.1, -0.05) is 62.4 Å². The van der Waals surface area contributed by atoms with E-state index in [2.05, 4.69) is 24.0 Å². The van der Waals surface area contributed by atoms with E-state index in [1.807, 2.05) is 60.4 Å². The number of piperidine rings is 1. The van der Waals surface area contributed by atoms with Crippen molar-refractivity contribution in [3.63, 3.8) is 0 Å². The third-order valence-corrected chi connectivity index (χ3v) is 6.05. The SMILES string of the molecule is CCCC(=O)C(Cc1ccccc1)N1CCC(N(C(=O)CC)c2ccccc2)CC1. The lowest BCUT2D eigenvalue weighted by Crippen LogP contribution is -2.52. The Morgan fingerprint density at radius 1 is 0.967 bits per heavy atom. The van der Waals surface area contributed by atoms with Crippen molar-refractivity contribution >= 4 is 17.4 Å². The average molecular weight is 407 g/mol. The molecule has 1 atom stereocenters. The van der Waals surface area contributed by atoms with Gasteiger partial charge in [0.15, 0.2) is 0 Å². The Labute approximate surface area is 180 Å². The van der Waals surface area contributed by atoms with Crippen LogP contribution in [0.15, 0.2) is 60.7 Å². The van der Waals surface area contributed by atoms with Crippen LogP contribution < -0.4 is 4.90 Å². The summed E-state index contributed by atoms with van der Waals surface area (Å²) in [5, 5.41) is 0. The first-order valence-corrected chi connectivity index (χ1v) is 11.3. The minimum Gasteiger partial charge on any atom is -0.309 e. The molecule has 30 heavy (non-hydrogen) atoms. The summed E-state index contributed by atoms with van der Waals surface area (Å²) in [6.45, 7) is 5.68. The number of benzene rings is 2. The molecule has 3 rings (SSSR count). The first-order chi connectivity index (χ1) is 14.6. The van der Waals surface area contributed by atoms with Crippen molar-refractivity contribution in [2.75, 3.05) is 18.0 Å². The van der Waals surface area contributed by atoms with Crippen molar-refractivity contribution in [1.82, 2.24) is 4.90 Å². The van der Waals surface area contributed by atoms with Crippen LogP contribution in [0.25, 0.3) is 0 Å². The van der Waals surface area contributed by atoms with Crippen LogP contribution in [-0.2, 0) is 16.0 Å². The molecule has 0 spiro atoms. The molecule has 0 bridgehead atoms. The predicted molar refractivity (Wildman–Crippen MR) is 123 cm³/mol. The van der Waals surface area contributed by atoms with Gasteiger partial charge < -0.3 is 4.90 Å². The Morgan fingerprint density at radius 3 is 2.13 bits per heavy atom. The van der Waals surface area contributed by atoms with Crippen LogP contribution >= 0.6 is 0 Å². The van der Waals surface area contributed by atoms with Gasteiger partial charge >= 0.3 is 0 Å².